The number of carbonyl (C=O) groups excluding carboxylic acids is 1. The van der Waals surface area contributed by atoms with E-state index in [1.54, 1.807) is 12.1 Å². The van der Waals surface area contributed by atoms with Crippen molar-refractivity contribution in [3.8, 4) is 11.5 Å². The zero-order chi connectivity index (χ0) is 17.8. The van der Waals surface area contributed by atoms with Gasteiger partial charge in [0.15, 0.2) is 0 Å². The minimum Gasteiger partial charge on any atom is -0.441 e. The van der Waals surface area contributed by atoms with Gasteiger partial charge in [0.1, 0.15) is 5.76 Å². The van der Waals surface area contributed by atoms with Crippen LogP contribution in [0.15, 0.2) is 52.9 Å². The molecule has 0 aliphatic heterocycles. The van der Waals surface area contributed by atoms with Gasteiger partial charge in [-0.1, -0.05) is 35.9 Å². The number of urea groups is 1. The number of nitrogens with one attached hydrogen (secondary N) is 2. The molecule has 0 aliphatic rings. The summed E-state index contributed by atoms with van der Waals surface area (Å²) in [5.41, 5.74) is 3.17. The minimum absolute atomic E-state index is 0.308. The first kappa shape index (κ1) is 17.0. The summed E-state index contributed by atoms with van der Waals surface area (Å²) in [6.07, 6.45) is 0. The highest BCUT2D eigenvalue weighted by Gasteiger charge is 2.10. The van der Waals surface area contributed by atoms with Gasteiger partial charge in [-0.25, -0.2) is 9.78 Å². The molecule has 128 valence electrons. The van der Waals surface area contributed by atoms with Crippen LogP contribution in [0.1, 0.15) is 17.0 Å². The van der Waals surface area contributed by atoms with E-state index in [0.717, 1.165) is 22.6 Å². The van der Waals surface area contributed by atoms with E-state index in [-0.39, 0.29) is 6.03 Å². The summed E-state index contributed by atoms with van der Waals surface area (Å²) in [6, 6.07) is 14.4. The summed E-state index contributed by atoms with van der Waals surface area (Å²) < 4.78 is 5.62. The zero-order valence-corrected chi connectivity index (χ0v) is 14.7. The lowest BCUT2D eigenvalue weighted by Gasteiger charge is -2.09. The summed E-state index contributed by atoms with van der Waals surface area (Å²) in [4.78, 5) is 16.5. The van der Waals surface area contributed by atoms with Gasteiger partial charge in [0.05, 0.1) is 5.69 Å². The number of rotatable bonds is 4. The summed E-state index contributed by atoms with van der Waals surface area (Å²) in [5, 5.41) is 6.21. The molecule has 2 N–H and O–H groups in total. The molecule has 1 heterocycles. The van der Waals surface area contributed by atoms with E-state index >= 15 is 0 Å². The third kappa shape index (κ3) is 4.19. The molecular formula is C19H18ClN3O2. The van der Waals surface area contributed by atoms with Crippen LogP contribution in [0.5, 0.6) is 0 Å². The predicted molar refractivity (Wildman–Crippen MR) is 98.7 cm³/mol. The Hall–Kier alpha value is -2.79. The second-order valence-electron chi connectivity index (χ2n) is 5.64. The topological polar surface area (TPSA) is 67.2 Å². The van der Waals surface area contributed by atoms with Crippen LogP contribution in [-0.2, 0) is 6.54 Å². The van der Waals surface area contributed by atoms with E-state index in [2.05, 4.69) is 15.6 Å². The summed E-state index contributed by atoms with van der Waals surface area (Å²) in [5.74, 6) is 1.32. The Morgan fingerprint density at radius 3 is 2.68 bits per heavy atom. The largest absolute Gasteiger partial charge is 0.441 e. The number of hydrogen-bond acceptors (Lipinski definition) is 3. The van der Waals surface area contributed by atoms with Crippen LogP contribution in [0.3, 0.4) is 0 Å². The maximum Gasteiger partial charge on any atom is 0.319 e. The third-order valence-electron chi connectivity index (χ3n) is 3.79. The number of amides is 2. The smallest absolute Gasteiger partial charge is 0.319 e. The van der Waals surface area contributed by atoms with E-state index in [0.29, 0.717) is 23.1 Å². The molecule has 0 saturated heterocycles. The SMILES string of the molecule is Cc1nc(-c2cccc(NC(=O)NCc3ccccc3Cl)c2)oc1C. The van der Waals surface area contributed by atoms with Crippen LogP contribution in [-0.4, -0.2) is 11.0 Å². The van der Waals surface area contributed by atoms with Crippen molar-refractivity contribution in [1.29, 1.82) is 0 Å². The van der Waals surface area contributed by atoms with Crippen molar-refractivity contribution in [2.75, 3.05) is 5.32 Å². The van der Waals surface area contributed by atoms with Crippen LogP contribution in [0.25, 0.3) is 11.5 Å². The van der Waals surface area contributed by atoms with Gasteiger partial charge < -0.3 is 15.1 Å². The first-order valence-corrected chi connectivity index (χ1v) is 8.23. The molecule has 5 nitrogen and oxygen atoms in total. The Morgan fingerprint density at radius 2 is 1.96 bits per heavy atom. The normalized spacial score (nSPS) is 10.5. The third-order valence-corrected chi connectivity index (χ3v) is 4.16. The number of benzene rings is 2. The Balaban J connectivity index is 1.65. The molecule has 3 rings (SSSR count). The Kier molecular flexibility index (Phi) is 5.05. The van der Waals surface area contributed by atoms with Gasteiger partial charge in [-0.15, -0.1) is 0 Å². The maximum absolute atomic E-state index is 12.1. The summed E-state index contributed by atoms with van der Waals surface area (Å²) in [6.45, 7) is 4.12. The quantitative estimate of drug-likeness (QED) is 0.697. The van der Waals surface area contributed by atoms with Gasteiger partial charge in [-0.05, 0) is 43.7 Å². The number of aryl methyl sites for hydroxylation is 2. The Morgan fingerprint density at radius 1 is 1.16 bits per heavy atom. The molecule has 0 atom stereocenters. The predicted octanol–water partition coefficient (Wildman–Crippen LogP) is 4.93. The number of carbonyl (C=O) groups is 1. The molecule has 2 amide bonds. The van der Waals surface area contributed by atoms with Gasteiger partial charge in [-0.2, -0.15) is 0 Å². The molecule has 1 aromatic heterocycles. The highest BCUT2D eigenvalue weighted by Crippen LogP contribution is 2.24. The monoisotopic (exact) mass is 355 g/mol. The standard InChI is InChI=1S/C19H18ClN3O2/c1-12-13(2)25-18(22-12)14-7-5-8-16(10-14)23-19(24)21-11-15-6-3-4-9-17(15)20/h3-10H,11H2,1-2H3,(H2,21,23,24). The molecule has 0 spiro atoms. The maximum atomic E-state index is 12.1. The second kappa shape index (κ2) is 7.40. The fraction of sp³-hybridized carbons (Fsp3) is 0.158. The van der Waals surface area contributed by atoms with Crippen molar-refractivity contribution in [3.63, 3.8) is 0 Å². The van der Waals surface area contributed by atoms with Crippen molar-refractivity contribution >= 4 is 23.3 Å². The molecule has 6 heteroatoms. The van der Waals surface area contributed by atoms with Crippen molar-refractivity contribution in [3.05, 3.63) is 70.6 Å². The van der Waals surface area contributed by atoms with E-state index < -0.39 is 0 Å². The van der Waals surface area contributed by atoms with Crippen LogP contribution in [0.2, 0.25) is 5.02 Å². The lowest BCUT2D eigenvalue weighted by Crippen LogP contribution is -2.28. The highest BCUT2D eigenvalue weighted by atomic mass is 35.5. The van der Waals surface area contributed by atoms with Gasteiger partial charge in [0, 0.05) is 22.8 Å². The van der Waals surface area contributed by atoms with Gasteiger partial charge in [0.25, 0.3) is 0 Å². The van der Waals surface area contributed by atoms with Gasteiger partial charge >= 0.3 is 6.03 Å². The van der Waals surface area contributed by atoms with Gasteiger partial charge in [0.2, 0.25) is 5.89 Å². The van der Waals surface area contributed by atoms with Crippen molar-refractivity contribution in [2.24, 2.45) is 0 Å². The Bertz CT molecular complexity index is 886. The van der Waals surface area contributed by atoms with Crippen molar-refractivity contribution in [1.82, 2.24) is 10.3 Å². The first-order chi connectivity index (χ1) is 12.0. The lowest BCUT2D eigenvalue weighted by molar-refractivity contribution is 0.251. The number of nitrogens with zero attached hydrogens (tertiary/aromatic N) is 1. The van der Waals surface area contributed by atoms with Crippen molar-refractivity contribution in [2.45, 2.75) is 20.4 Å². The molecule has 0 saturated carbocycles. The first-order valence-electron chi connectivity index (χ1n) is 7.85. The molecule has 2 aromatic carbocycles. The molecular weight excluding hydrogens is 338 g/mol. The van der Waals surface area contributed by atoms with Crippen LogP contribution in [0.4, 0.5) is 10.5 Å². The molecule has 0 unspecified atom stereocenters. The lowest BCUT2D eigenvalue weighted by atomic mass is 10.2. The number of oxazole rings is 1. The molecule has 25 heavy (non-hydrogen) atoms. The van der Waals surface area contributed by atoms with E-state index in [1.165, 1.54) is 0 Å². The average Bonchev–Trinajstić information content (AvgIpc) is 2.93. The fourth-order valence-corrected chi connectivity index (χ4v) is 2.52. The van der Waals surface area contributed by atoms with Gasteiger partial charge in [-0.3, -0.25) is 0 Å². The number of halogens is 1. The molecule has 0 aliphatic carbocycles. The zero-order valence-electron chi connectivity index (χ0n) is 14.0. The number of hydrogen-bond donors (Lipinski definition) is 2. The minimum atomic E-state index is -0.308. The highest BCUT2D eigenvalue weighted by molar-refractivity contribution is 6.31. The van der Waals surface area contributed by atoms with E-state index in [4.69, 9.17) is 16.0 Å². The number of aromatic nitrogens is 1. The molecule has 0 radical (unpaired) electrons. The summed E-state index contributed by atoms with van der Waals surface area (Å²) >= 11 is 6.08. The van der Waals surface area contributed by atoms with Crippen molar-refractivity contribution < 1.29 is 9.21 Å². The second-order valence-corrected chi connectivity index (χ2v) is 6.05. The molecule has 3 aromatic rings. The van der Waals surface area contributed by atoms with Crippen LogP contribution >= 0.6 is 11.6 Å². The van der Waals surface area contributed by atoms with E-state index in [1.807, 2.05) is 50.2 Å². The average molecular weight is 356 g/mol. The van der Waals surface area contributed by atoms with Crippen LogP contribution < -0.4 is 10.6 Å². The number of anilines is 1. The Labute approximate surface area is 151 Å². The van der Waals surface area contributed by atoms with E-state index in [9.17, 15) is 4.79 Å². The molecule has 0 bridgehead atoms. The summed E-state index contributed by atoms with van der Waals surface area (Å²) in [7, 11) is 0. The fourth-order valence-electron chi connectivity index (χ4n) is 2.32. The molecule has 0 fully saturated rings. The van der Waals surface area contributed by atoms with Crippen LogP contribution in [0, 0.1) is 13.8 Å².